The molecule has 0 bridgehead atoms. The Bertz CT molecular complexity index is 23.6. The lowest BCUT2D eigenvalue weighted by molar-refractivity contribution is 0.287. The highest BCUT2D eigenvalue weighted by atomic mass is 127. The van der Waals surface area contributed by atoms with Crippen LogP contribution in [0.3, 0.4) is 0 Å². The van der Waals surface area contributed by atoms with Crippen LogP contribution in [-0.4, -0.2) is 15.8 Å². The minimum Gasteiger partial charge on any atom is -0.381 e. The van der Waals surface area contributed by atoms with E-state index in [0.717, 1.165) is 0 Å². The first-order chi connectivity index (χ1) is 2.27. The molecule has 32 valence electrons. The van der Waals surface area contributed by atoms with Gasteiger partial charge in [-0.1, -0.05) is 22.6 Å². The number of hydrogen-bond donors (Lipinski definition) is 2. The fourth-order valence-corrected chi connectivity index (χ4v) is 0. The number of aliphatic hydroxyl groups excluding tert-OH is 1. The van der Waals surface area contributed by atoms with Crippen LogP contribution in [0.2, 0.25) is 0 Å². The van der Waals surface area contributed by atoms with Crippen LogP contribution >= 0.6 is 22.6 Å². The average Bonchev–Trinajstić information content (AvgIpc) is 1.38. The number of alkyl halides is 1. The zero-order chi connectivity index (χ0) is 4.28. The van der Waals surface area contributed by atoms with E-state index in [-0.39, 0.29) is 4.11 Å². The van der Waals surface area contributed by atoms with Crippen molar-refractivity contribution < 1.29 is 5.11 Å². The summed E-state index contributed by atoms with van der Waals surface area (Å²) in [6.07, 6.45) is 0. The van der Waals surface area contributed by atoms with Crippen molar-refractivity contribution in [1.29, 1.82) is 0 Å². The van der Waals surface area contributed by atoms with Gasteiger partial charge in [-0.05, 0) is 0 Å². The first-order valence-electron chi connectivity index (χ1n) is 1.29. The second kappa shape index (κ2) is 2.87. The molecule has 0 radical (unpaired) electrons. The van der Waals surface area contributed by atoms with Crippen LogP contribution in [0.1, 0.15) is 0 Å². The Balaban J connectivity index is 2.54. The summed E-state index contributed by atoms with van der Waals surface area (Å²) in [4.78, 5) is 0. The van der Waals surface area contributed by atoms with Gasteiger partial charge in [0.1, 0.15) is 4.11 Å². The largest absolute Gasteiger partial charge is 0.381 e. The molecule has 1 atom stereocenters. The van der Waals surface area contributed by atoms with Gasteiger partial charge in [0.15, 0.2) is 0 Å². The molecule has 0 rings (SSSR count). The third kappa shape index (κ3) is 4.65. The summed E-state index contributed by atoms with van der Waals surface area (Å²) in [6, 6.07) is 0. The molecule has 3 N–H and O–H groups in total. The molecular weight excluding hydrogens is 181 g/mol. The average molecular weight is 187 g/mol. The number of nitrogens with two attached hydrogens (primary N) is 1. The third-order valence-electron chi connectivity index (χ3n) is 0.194. The van der Waals surface area contributed by atoms with Crippen LogP contribution in [0, 0.1) is 0 Å². The van der Waals surface area contributed by atoms with Crippen molar-refractivity contribution in [3.05, 3.63) is 0 Å². The summed E-state index contributed by atoms with van der Waals surface area (Å²) in [7, 11) is 0. The molecule has 0 aromatic heterocycles. The molecule has 0 amide bonds. The van der Waals surface area contributed by atoms with Crippen LogP contribution < -0.4 is 5.73 Å². The first-order valence-corrected chi connectivity index (χ1v) is 2.54. The quantitative estimate of drug-likeness (QED) is 0.437. The highest BCUT2D eigenvalue weighted by Crippen LogP contribution is 1.86. The van der Waals surface area contributed by atoms with Crippen LogP contribution in [0.25, 0.3) is 0 Å². The van der Waals surface area contributed by atoms with E-state index in [4.69, 9.17) is 10.8 Å². The van der Waals surface area contributed by atoms with E-state index in [2.05, 4.69) is 0 Å². The van der Waals surface area contributed by atoms with E-state index >= 15 is 0 Å². The lowest BCUT2D eigenvalue weighted by Crippen LogP contribution is -2.11. The summed E-state index contributed by atoms with van der Waals surface area (Å²) in [5, 5.41) is 8.22. The summed E-state index contributed by atoms with van der Waals surface area (Å²) in [5.41, 5.74) is 4.91. The van der Waals surface area contributed by atoms with Gasteiger partial charge >= 0.3 is 0 Å². The molecule has 3 heteroatoms. The fourth-order valence-electron chi connectivity index (χ4n) is 0. The summed E-state index contributed by atoms with van der Waals surface area (Å²) in [6.45, 7) is 0.348. The van der Waals surface area contributed by atoms with Crippen LogP contribution in [0.15, 0.2) is 0 Å². The Morgan fingerprint density at radius 1 is 2.00 bits per heavy atom. The van der Waals surface area contributed by atoms with Gasteiger partial charge in [-0.3, -0.25) is 0 Å². The van der Waals surface area contributed by atoms with Gasteiger partial charge < -0.3 is 10.8 Å². The highest BCUT2D eigenvalue weighted by molar-refractivity contribution is 14.1. The number of hydrogen-bond acceptors (Lipinski definition) is 2. The van der Waals surface area contributed by atoms with Crippen molar-refractivity contribution in [3.8, 4) is 0 Å². The SMILES string of the molecule is NCC(O)I. The van der Waals surface area contributed by atoms with Crippen LogP contribution in [0.5, 0.6) is 0 Å². The maximum Gasteiger partial charge on any atom is 0.117 e. The molecule has 0 saturated heterocycles. The van der Waals surface area contributed by atoms with E-state index in [1.165, 1.54) is 0 Å². The van der Waals surface area contributed by atoms with E-state index in [1.807, 2.05) is 22.6 Å². The van der Waals surface area contributed by atoms with Gasteiger partial charge in [0.05, 0.1) is 0 Å². The van der Waals surface area contributed by atoms with E-state index < -0.39 is 0 Å². The van der Waals surface area contributed by atoms with Crippen LogP contribution in [-0.2, 0) is 0 Å². The standard InChI is InChI=1S/C2H6INO/c3-2(5)1-4/h2,5H,1,4H2. The Kier molecular flexibility index (Phi) is 3.24. The van der Waals surface area contributed by atoms with E-state index in [9.17, 15) is 0 Å². The summed E-state index contributed by atoms with van der Waals surface area (Å²) < 4.78 is -0.368. The van der Waals surface area contributed by atoms with Gasteiger partial charge in [0.2, 0.25) is 0 Å². The predicted octanol–water partition coefficient (Wildman–Crippen LogP) is -0.301. The molecule has 0 heterocycles. The second-order valence-corrected chi connectivity index (χ2v) is 2.11. The second-order valence-electron chi connectivity index (χ2n) is 0.670. The Labute approximate surface area is 44.5 Å². The van der Waals surface area contributed by atoms with Gasteiger partial charge in [-0.25, -0.2) is 0 Å². The Morgan fingerprint density at radius 3 is 2.20 bits per heavy atom. The monoisotopic (exact) mass is 187 g/mol. The van der Waals surface area contributed by atoms with Gasteiger partial charge in [-0.2, -0.15) is 0 Å². The Hall–Kier alpha value is 0.650. The maximum atomic E-state index is 8.22. The highest BCUT2D eigenvalue weighted by Gasteiger charge is 1.84. The van der Waals surface area contributed by atoms with Crippen molar-refractivity contribution in [1.82, 2.24) is 0 Å². The molecule has 1 unspecified atom stereocenters. The molecule has 0 aliphatic carbocycles. The molecule has 0 saturated carbocycles. The summed E-state index contributed by atoms with van der Waals surface area (Å²) in [5.74, 6) is 0. The van der Waals surface area contributed by atoms with Gasteiger partial charge in [-0.15, -0.1) is 0 Å². The molecular formula is C2H6INO. The summed E-state index contributed by atoms with van der Waals surface area (Å²) >= 11 is 1.84. The van der Waals surface area contributed by atoms with E-state index in [1.54, 1.807) is 0 Å². The molecule has 0 aromatic carbocycles. The molecule has 0 aliphatic rings. The van der Waals surface area contributed by atoms with Gasteiger partial charge in [0.25, 0.3) is 0 Å². The zero-order valence-corrected chi connectivity index (χ0v) is 4.84. The van der Waals surface area contributed by atoms with Crippen molar-refractivity contribution in [2.24, 2.45) is 5.73 Å². The topological polar surface area (TPSA) is 46.2 Å². The van der Waals surface area contributed by atoms with E-state index in [0.29, 0.717) is 6.54 Å². The first kappa shape index (κ1) is 5.65. The number of aliphatic hydroxyl groups is 1. The molecule has 0 spiro atoms. The normalized spacial score (nSPS) is 15.0. The van der Waals surface area contributed by atoms with Crippen molar-refractivity contribution >= 4 is 22.6 Å². The van der Waals surface area contributed by atoms with Crippen molar-refractivity contribution in [2.75, 3.05) is 6.54 Å². The number of rotatable bonds is 1. The minimum atomic E-state index is -0.368. The molecule has 0 fully saturated rings. The number of halogens is 1. The molecule has 2 nitrogen and oxygen atoms in total. The molecule has 5 heavy (non-hydrogen) atoms. The van der Waals surface area contributed by atoms with Gasteiger partial charge in [0, 0.05) is 6.54 Å². The lowest BCUT2D eigenvalue weighted by Gasteiger charge is -1.88. The third-order valence-corrected chi connectivity index (χ3v) is 0.703. The maximum absolute atomic E-state index is 8.22. The molecule has 0 aliphatic heterocycles. The minimum absolute atomic E-state index is 0.348. The van der Waals surface area contributed by atoms with Crippen LogP contribution in [0.4, 0.5) is 0 Å². The van der Waals surface area contributed by atoms with Crippen molar-refractivity contribution in [3.63, 3.8) is 0 Å². The zero-order valence-electron chi connectivity index (χ0n) is 2.69. The smallest absolute Gasteiger partial charge is 0.117 e. The Morgan fingerprint density at radius 2 is 2.20 bits per heavy atom. The fraction of sp³-hybridized carbons (Fsp3) is 1.00. The lowest BCUT2D eigenvalue weighted by atomic mass is 10.8. The van der Waals surface area contributed by atoms with Crippen molar-refractivity contribution in [2.45, 2.75) is 4.11 Å². The molecule has 0 aromatic rings. The predicted molar refractivity (Wildman–Crippen MR) is 29.1 cm³/mol.